The van der Waals surface area contributed by atoms with E-state index in [2.05, 4.69) is 5.32 Å². The predicted molar refractivity (Wildman–Crippen MR) is 171 cm³/mol. The first-order chi connectivity index (χ1) is 21.0. The molecule has 0 saturated carbocycles. The van der Waals surface area contributed by atoms with Crippen LogP contribution in [0.1, 0.15) is 30.5 Å². The van der Waals surface area contributed by atoms with Crippen LogP contribution in [0.15, 0.2) is 114 Å². The minimum atomic E-state index is -4.29. The molecule has 0 aliphatic rings. The zero-order valence-corrected chi connectivity index (χ0v) is 26.0. The Kier molecular flexibility index (Phi) is 10.9. The molecule has 0 spiro atoms. The maximum Gasteiger partial charge on any atom is 0.264 e. The van der Waals surface area contributed by atoms with E-state index in [-0.39, 0.29) is 35.4 Å². The van der Waals surface area contributed by atoms with Crippen LogP contribution < -0.4 is 9.62 Å². The SMILES string of the molecule is Cc1cccc(CN(C(=O)CN(c2ccccc2)S(=O)(=O)c2ccc(F)cc2)C(Cc2ccccc2)C(=O)NCC(C)C)c1. The number of carbonyl (C=O) groups excluding carboxylic acids is 2. The summed E-state index contributed by atoms with van der Waals surface area (Å²) in [5.74, 6) is -1.27. The molecule has 0 aliphatic heterocycles. The predicted octanol–water partition coefficient (Wildman–Crippen LogP) is 5.74. The second-order valence-electron chi connectivity index (χ2n) is 11.2. The summed E-state index contributed by atoms with van der Waals surface area (Å²) in [6.07, 6.45) is 0.234. The number of rotatable bonds is 13. The number of aryl methyl sites for hydroxylation is 1. The van der Waals surface area contributed by atoms with Gasteiger partial charge in [0.05, 0.1) is 10.6 Å². The molecule has 4 aromatic rings. The van der Waals surface area contributed by atoms with E-state index in [0.29, 0.717) is 6.54 Å². The van der Waals surface area contributed by atoms with Gasteiger partial charge in [-0.15, -0.1) is 0 Å². The van der Waals surface area contributed by atoms with Crippen LogP contribution in [0.3, 0.4) is 0 Å². The number of nitrogens with zero attached hydrogens (tertiary/aromatic N) is 2. The summed E-state index contributed by atoms with van der Waals surface area (Å²) < 4.78 is 42.6. The Morgan fingerprint density at radius 2 is 1.43 bits per heavy atom. The fourth-order valence-electron chi connectivity index (χ4n) is 4.84. The molecule has 7 nitrogen and oxygen atoms in total. The fourth-order valence-corrected chi connectivity index (χ4v) is 6.25. The molecule has 230 valence electrons. The van der Waals surface area contributed by atoms with Crippen molar-refractivity contribution in [2.75, 3.05) is 17.4 Å². The number of hydrogen-bond donors (Lipinski definition) is 1. The molecule has 4 rings (SSSR count). The van der Waals surface area contributed by atoms with Gasteiger partial charge < -0.3 is 10.2 Å². The summed E-state index contributed by atoms with van der Waals surface area (Å²) in [7, 11) is -4.29. The summed E-state index contributed by atoms with van der Waals surface area (Å²) in [6.45, 7) is 5.86. The largest absolute Gasteiger partial charge is 0.354 e. The maximum absolute atomic E-state index is 14.4. The van der Waals surface area contributed by atoms with Gasteiger partial charge in [0.2, 0.25) is 11.8 Å². The zero-order chi connectivity index (χ0) is 31.7. The van der Waals surface area contributed by atoms with E-state index in [9.17, 15) is 22.4 Å². The molecule has 1 unspecified atom stereocenters. The molecule has 0 heterocycles. The Balaban J connectivity index is 1.78. The maximum atomic E-state index is 14.4. The molecule has 0 aliphatic carbocycles. The van der Waals surface area contributed by atoms with Crippen molar-refractivity contribution in [1.82, 2.24) is 10.2 Å². The van der Waals surface area contributed by atoms with Gasteiger partial charge in [-0.3, -0.25) is 13.9 Å². The third-order valence-electron chi connectivity index (χ3n) is 7.12. The normalized spacial score (nSPS) is 12.0. The first-order valence-electron chi connectivity index (χ1n) is 14.5. The smallest absolute Gasteiger partial charge is 0.264 e. The lowest BCUT2D eigenvalue weighted by Gasteiger charge is -2.34. The number of amides is 2. The van der Waals surface area contributed by atoms with E-state index >= 15 is 0 Å². The molecule has 9 heteroatoms. The molecule has 0 bridgehead atoms. The van der Waals surface area contributed by atoms with Crippen LogP contribution in [0.2, 0.25) is 0 Å². The van der Waals surface area contributed by atoms with Crippen LogP contribution in [-0.2, 0) is 32.6 Å². The zero-order valence-electron chi connectivity index (χ0n) is 25.2. The lowest BCUT2D eigenvalue weighted by Crippen LogP contribution is -2.53. The second-order valence-corrected chi connectivity index (χ2v) is 13.0. The van der Waals surface area contributed by atoms with Crippen LogP contribution in [0.4, 0.5) is 10.1 Å². The number of nitrogens with one attached hydrogen (secondary N) is 1. The molecule has 0 aromatic heterocycles. The molecule has 44 heavy (non-hydrogen) atoms. The average Bonchev–Trinajstić information content (AvgIpc) is 3.01. The van der Waals surface area contributed by atoms with E-state index in [0.717, 1.165) is 33.1 Å². The summed E-state index contributed by atoms with van der Waals surface area (Å²) in [5, 5.41) is 2.98. The van der Waals surface area contributed by atoms with Crippen molar-refractivity contribution in [2.45, 2.75) is 44.7 Å². The van der Waals surface area contributed by atoms with Crippen LogP contribution >= 0.6 is 0 Å². The molecule has 0 fully saturated rings. The number of carbonyl (C=O) groups is 2. The number of halogens is 1. The van der Waals surface area contributed by atoms with Gasteiger partial charge >= 0.3 is 0 Å². The number of anilines is 1. The number of hydrogen-bond acceptors (Lipinski definition) is 4. The quantitative estimate of drug-likeness (QED) is 0.208. The Labute approximate surface area is 259 Å². The van der Waals surface area contributed by atoms with Crippen LogP contribution in [0, 0.1) is 18.7 Å². The number of benzene rings is 4. The standard InChI is InChI=1S/C35H38FN3O4S/c1-26(2)23-37-35(41)33(22-28-12-6-4-7-13-28)38(24-29-14-10-11-27(3)21-29)34(40)25-39(31-15-8-5-9-16-31)44(42,43)32-19-17-30(36)18-20-32/h4-21,26,33H,22-25H2,1-3H3,(H,37,41). The van der Waals surface area contributed by atoms with Gasteiger partial charge in [-0.2, -0.15) is 0 Å². The van der Waals surface area contributed by atoms with Gasteiger partial charge in [0.25, 0.3) is 10.0 Å². The summed E-state index contributed by atoms with van der Waals surface area (Å²) >= 11 is 0. The molecule has 1 atom stereocenters. The van der Waals surface area contributed by atoms with Crippen LogP contribution in [-0.4, -0.2) is 44.3 Å². The third kappa shape index (κ3) is 8.54. The Morgan fingerprint density at radius 1 is 0.818 bits per heavy atom. The van der Waals surface area contributed by atoms with E-state index in [1.54, 1.807) is 30.3 Å². The summed E-state index contributed by atoms with van der Waals surface area (Å²) in [6, 6.07) is 28.9. The fraction of sp³-hybridized carbons (Fsp3) is 0.257. The van der Waals surface area contributed by atoms with Crippen molar-refractivity contribution < 1.29 is 22.4 Å². The monoisotopic (exact) mass is 615 g/mol. The van der Waals surface area contributed by atoms with Gasteiger partial charge in [0.15, 0.2) is 0 Å². The highest BCUT2D eigenvalue weighted by Gasteiger charge is 2.34. The highest BCUT2D eigenvalue weighted by atomic mass is 32.2. The first kappa shape index (κ1) is 32.4. The van der Waals surface area contributed by atoms with Gasteiger partial charge in [-0.1, -0.05) is 92.2 Å². The highest BCUT2D eigenvalue weighted by molar-refractivity contribution is 7.92. The molecule has 1 N–H and O–H groups in total. The van der Waals surface area contributed by atoms with Crippen molar-refractivity contribution in [3.8, 4) is 0 Å². The molecule has 0 radical (unpaired) electrons. The van der Waals surface area contributed by atoms with Crippen molar-refractivity contribution >= 4 is 27.5 Å². The molecular weight excluding hydrogens is 577 g/mol. The third-order valence-corrected chi connectivity index (χ3v) is 8.90. The molecular formula is C35H38FN3O4S. The number of sulfonamides is 1. The molecule has 0 saturated heterocycles. The first-order valence-corrected chi connectivity index (χ1v) is 16.0. The molecule has 4 aromatic carbocycles. The average molecular weight is 616 g/mol. The van der Waals surface area contributed by atoms with E-state index in [4.69, 9.17) is 0 Å². The molecule has 2 amide bonds. The van der Waals surface area contributed by atoms with Crippen LogP contribution in [0.5, 0.6) is 0 Å². The van der Waals surface area contributed by atoms with Crippen molar-refractivity contribution in [2.24, 2.45) is 5.92 Å². The highest BCUT2D eigenvalue weighted by Crippen LogP contribution is 2.25. The van der Waals surface area contributed by atoms with Crippen molar-refractivity contribution in [3.63, 3.8) is 0 Å². The minimum Gasteiger partial charge on any atom is -0.354 e. The Bertz CT molecular complexity index is 1650. The van der Waals surface area contributed by atoms with E-state index < -0.39 is 34.3 Å². The van der Waals surface area contributed by atoms with Gasteiger partial charge in [-0.25, -0.2) is 12.8 Å². The summed E-state index contributed by atoms with van der Waals surface area (Å²) in [5.41, 5.74) is 2.92. The Hall–Kier alpha value is -4.50. The van der Waals surface area contributed by atoms with Crippen LogP contribution in [0.25, 0.3) is 0 Å². The van der Waals surface area contributed by atoms with Gasteiger partial charge in [0, 0.05) is 19.5 Å². The van der Waals surface area contributed by atoms with Crippen molar-refractivity contribution in [1.29, 1.82) is 0 Å². The minimum absolute atomic E-state index is 0.0896. The van der Waals surface area contributed by atoms with Crippen molar-refractivity contribution in [3.05, 3.63) is 132 Å². The lowest BCUT2D eigenvalue weighted by molar-refractivity contribution is -0.140. The van der Waals surface area contributed by atoms with Gasteiger partial charge in [0.1, 0.15) is 18.4 Å². The Morgan fingerprint density at radius 3 is 2.05 bits per heavy atom. The van der Waals surface area contributed by atoms with E-state index in [1.165, 1.54) is 17.0 Å². The van der Waals surface area contributed by atoms with E-state index in [1.807, 2.05) is 75.4 Å². The van der Waals surface area contributed by atoms with Gasteiger partial charge in [-0.05, 0) is 60.4 Å². The lowest BCUT2D eigenvalue weighted by atomic mass is 10.0. The second kappa shape index (κ2) is 14.8. The topological polar surface area (TPSA) is 86.8 Å². The number of para-hydroxylation sites is 1. The summed E-state index contributed by atoms with van der Waals surface area (Å²) in [4.78, 5) is 29.5.